The summed E-state index contributed by atoms with van der Waals surface area (Å²) in [5.74, 6) is -0.290. The molecule has 2 aromatic carbocycles. The monoisotopic (exact) mass is 445 g/mol. The van der Waals surface area contributed by atoms with Gasteiger partial charge in [-0.05, 0) is 58.8 Å². The van der Waals surface area contributed by atoms with Crippen LogP contribution in [0.5, 0.6) is 0 Å². The van der Waals surface area contributed by atoms with Gasteiger partial charge >= 0.3 is 5.97 Å². The van der Waals surface area contributed by atoms with E-state index in [9.17, 15) is 13.2 Å². The Morgan fingerprint density at radius 2 is 1.78 bits per heavy atom. The van der Waals surface area contributed by atoms with Gasteiger partial charge in [0.25, 0.3) is 10.0 Å². The smallest absolute Gasteiger partial charge is 0.305 e. The number of halogens is 1. The number of carbonyl (C=O) groups excluding carboxylic acids is 1. The molecule has 2 aromatic rings. The van der Waals surface area contributed by atoms with Crippen LogP contribution in [0.4, 0.5) is 5.69 Å². The molecule has 7 heteroatoms. The Bertz CT molecular complexity index is 788. The summed E-state index contributed by atoms with van der Waals surface area (Å²) in [6.07, 6.45) is 0.778. The first-order valence-corrected chi connectivity index (χ1v) is 9.41. The zero-order chi connectivity index (χ0) is 16.9. The number of aryl methyl sites for hydroxylation is 1. The molecule has 0 bridgehead atoms. The van der Waals surface area contributed by atoms with Crippen LogP contribution in [-0.2, 0) is 26.0 Å². The van der Waals surface area contributed by atoms with Crippen LogP contribution in [0.15, 0.2) is 53.4 Å². The molecule has 0 saturated carbocycles. The molecule has 23 heavy (non-hydrogen) atoms. The lowest BCUT2D eigenvalue weighted by Gasteiger charge is -2.10. The Balaban J connectivity index is 2.11. The summed E-state index contributed by atoms with van der Waals surface area (Å²) in [7, 11) is -2.29. The van der Waals surface area contributed by atoms with Gasteiger partial charge in [-0.15, -0.1) is 0 Å². The maximum atomic E-state index is 12.4. The Kier molecular flexibility index (Phi) is 6.00. The fourth-order valence-corrected chi connectivity index (χ4v) is 3.72. The highest BCUT2D eigenvalue weighted by Gasteiger charge is 2.15. The number of para-hydroxylation sites is 1. The highest BCUT2D eigenvalue weighted by atomic mass is 127. The van der Waals surface area contributed by atoms with Crippen LogP contribution in [0.2, 0.25) is 0 Å². The van der Waals surface area contributed by atoms with E-state index in [1.807, 2.05) is 12.1 Å². The fraction of sp³-hybridized carbons (Fsp3) is 0.188. The number of esters is 1. The van der Waals surface area contributed by atoms with E-state index in [4.69, 9.17) is 0 Å². The van der Waals surface area contributed by atoms with Crippen LogP contribution in [0, 0.1) is 3.57 Å². The van der Waals surface area contributed by atoms with E-state index < -0.39 is 10.0 Å². The second-order valence-electron chi connectivity index (χ2n) is 4.81. The Hall–Kier alpha value is -1.61. The number of nitrogens with one attached hydrogen (secondary N) is 1. The Labute approximate surface area is 149 Å². The third kappa shape index (κ3) is 4.93. The van der Waals surface area contributed by atoms with Crippen LogP contribution in [0.1, 0.15) is 12.0 Å². The van der Waals surface area contributed by atoms with E-state index in [-0.39, 0.29) is 17.3 Å². The van der Waals surface area contributed by atoms with Crippen LogP contribution in [0.3, 0.4) is 0 Å². The summed E-state index contributed by atoms with van der Waals surface area (Å²) >= 11 is 2.07. The molecule has 0 aliphatic carbocycles. The van der Waals surface area contributed by atoms with Crippen molar-refractivity contribution in [3.05, 3.63) is 57.7 Å². The van der Waals surface area contributed by atoms with Gasteiger partial charge < -0.3 is 4.74 Å². The van der Waals surface area contributed by atoms with Crippen molar-refractivity contribution >= 4 is 44.3 Å². The first kappa shape index (κ1) is 17.7. The average Bonchev–Trinajstić information content (AvgIpc) is 2.55. The number of hydrogen-bond donors (Lipinski definition) is 1. The first-order valence-electron chi connectivity index (χ1n) is 6.85. The van der Waals surface area contributed by atoms with Crippen molar-refractivity contribution in [3.63, 3.8) is 0 Å². The third-order valence-electron chi connectivity index (χ3n) is 3.20. The van der Waals surface area contributed by atoms with Gasteiger partial charge in [-0.3, -0.25) is 9.52 Å². The number of ether oxygens (including phenoxy) is 1. The average molecular weight is 445 g/mol. The Morgan fingerprint density at radius 3 is 2.39 bits per heavy atom. The maximum absolute atomic E-state index is 12.4. The number of benzene rings is 2. The normalized spacial score (nSPS) is 11.0. The molecule has 0 unspecified atom stereocenters. The molecule has 0 atom stereocenters. The minimum absolute atomic E-state index is 0.180. The Morgan fingerprint density at radius 1 is 1.13 bits per heavy atom. The minimum atomic E-state index is -3.63. The van der Waals surface area contributed by atoms with Crippen molar-refractivity contribution in [1.29, 1.82) is 0 Å². The van der Waals surface area contributed by atoms with Gasteiger partial charge in [-0.1, -0.05) is 24.3 Å². The van der Waals surface area contributed by atoms with E-state index in [2.05, 4.69) is 32.0 Å². The highest BCUT2D eigenvalue weighted by molar-refractivity contribution is 14.1. The number of anilines is 1. The van der Waals surface area contributed by atoms with E-state index in [0.717, 1.165) is 9.13 Å². The molecule has 0 fully saturated rings. The van der Waals surface area contributed by atoms with Crippen molar-refractivity contribution in [2.75, 3.05) is 11.8 Å². The molecule has 0 aromatic heterocycles. The molecule has 0 aliphatic heterocycles. The number of hydrogen-bond acceptors (Lipinski definition) is 4. The van der Waals surface area contributed by atoms with Gasteiger partial charge in [0.2, 0.25) is 0 Å². The van der Waals surface area contributed by atoms with E-state index in [1.54, 1.807) is 24.3 Å². The molecule has 1 N–H and O–H groups in total. The number of sulfonamides is 1. The van der Waals surface area contributed by atoms with Gasteiger partial charge in [-0.25, -0.2) is 8.42 Å². The summed E-state index contributed by atoms with van der Waals surface area (Å²) < 4.78 is 32.8. The van der Waals surface area contributed by atoms with Crippen LogP contribution in [-0.4, -0.2) is 21.5 Å². The molecular formula is C16H16INO4S. The summed E-state index contributed by atoms with van der Waals surface area (Å²) in [6.45, 7) is 0. The van der Waals surface area contributed by atoms with Gasteiger partial charge in [0, 0.05) is 9.99 Å². The summed E-state index contributed by atoms with van der Waals surface area (Å²) in [6, 6.07) is 13.6. The van der Waals surface area contributed by atoms with E-state index >= 15 is 0 Å². The zero-order valence-electron chi connectivity index (χ0n) is 12.5. The predicted octanol–water partition coefficient (Wildman–Crippen LogP) is 3.20. The number of carbonyl (C=O) groups is 1. The van der Waals surface area contributed by atoms with Crippen LogP contribution < -0.4 is 4.72 Å². The van der Waals surface area contributed by atoms with Gasteiger partial charge in [-0.2, -0.15) is 0 Å². The van der Waals surface area contributed by atoms with E-state index in [1.165, 1.54) is 19.2 Å². The SMILES string of the molecule is COC(=O)CCc1ccc(S(=O)(=O)Nc2ccccc2I)cc1. The fourth-order valence-electron chi connectivity index (χ4n) is 1.93. The van der Waals surface area contributed by atoms with Gasteiger partial charge in [0.05, 0.1) is 17.7 Å². The quantitative estimate of drug-likeness (QED) is 0.548. The minimum Gasteiger partial charge on any atom is -0.469 e. The van der Waals surface area contributed by atoms with Crippen LogP contribution in [0.25, 0.3) is 0 Å². The summed E-state index contributed by atoms with van der Waals surface area (Å²) in [5.41, 5.74) is 1.42. The van der Waals surface area contributed by atoms with Gasteiger partial charge in [0.1, 0.15) is 0 Å². The second kappa shape index (κ2) is 7.78. The summed E-state index contributed by atoms with van der Waals surface area (Å²) in [5, 5.41) is 0. The lowest BCUT2D eigenvalue weighted by Crippen LogP contribution is -2.13. The van der Waals surface area contributed by atoms with Crippen molar-refractivity contribution in [1.82, 2.24) is 0 Å². The number of rotatable bonds is 6. The van der Waals surface area contributed by atoms with Gasteiger partial charge in [0.15, 0.2) is 0 Å². The number of methoxy groups -OCH3 is 1. The first-order chi connectivity index (χ1) is 10.9. The standard InChI is InChI=1S/C16H16INO4S/c1-22-16(19)11-8-12-6-9-13(10-7-12)23(20,21)18-15-5-3-2-4-14(15)17/h2-7,9-10,18H,8,11H2,1H3. The molecule has 0 amide bonds. The molecule has 0 radical (unpaired) electrons. The predicted molar refractivity (Wildman–Crippen MR) is 96.7 cm³/mol. The zero-order valence-corrected chi connectivity index (χ0v) is 15.4. The second-order valence-corrected chi connectivity index (χ2v) is 7.65. The molecule has 5 nitrogen and oxygen atoms in total. The molecule has 0 heterocycles. The van der Waals surface area contributed by atoms with Crippen molar-refractivity contribution in [2.45, 2.75) is 17.7 Å². The highest BCUT2D eigenvalue weighted by Crippen LogP contribution is 2.21. The van der Waals surface area contributed by atoms with Crippen molar-refractivity contribution < 1.29 is 17.9 Å². The lowest BCUT2D eigenvalue weighted by molar-refractivity contribution is -0.140. The molecule has 0 spiro atoms. The van der Waals surface area contributed by atoms with Crippen molar-refractivity contribution in [3.8, 4) is 0 Å². The molecular weight excluding hydrogens is 429 g/mol. The molecule has 0 saturated heterocycles. The molecule has 122 valence electrons. The summed E-state index contributed by atoms with van der Waals surface area (Å²) in [4.78, 5) is 11.3. The maximum Gasteiger partial charge on any atom is 0.305 e. The third-order valence-corrected chi connectivity index (χ3v) is 5.52. The van der Waals surface area contributed by atoms with Crippen molar-refractivity contribution in [2.24, 2.45) is 0 Å². The molecule has 0 aliphatic rings. The van der Waals surface area contributed by atoms with Crippen LogP contribution >= 0.6 is 22.6 Å². The largest absolute Gasteiger partial charge is 0.469 e. The lowest BCUT2D eigenvalue weighted by atomic mass is 10.1. The molecule has 2 rings (SSSR count). The topological polar surface area (TPSA) is 72.5 Å². The van der Waals surface area contributed by atoms with E-state index in [0.29, 0.717) is 12.1 Å².